The summed E-state index contributed by atoms with van der Waals surface area (Å²) >= 11 is 0. The number of aromatic nitrogens is 6. The predicted molar refractivity (Wildman–Crippen MR) is 214 cm³/mol. The molecule has 5 aromatic heterocycles. The van der Waals surface area contributed by atoms with Crippen LogP contribution in [-0.4, -0.2) is 24.1 Å². The van der Waals surface area contributed by atoms with Gasteiger partial charge in [0.2, 0.25) is 0 Å². The SMILES string of the molecule is [Pt+2].[c-]1c(-c2cccc3c2nc(-c2cccc4c2[n-]c2ccccc24)n3-c2ccccc2)ccc2c3ccc(-c4ccncc4)cc3n(-c3ccccn3)c12. The number of hydrogen-bond acceptors (Lipinski definition) is 3. The van der Waals surface area contributed by atoms with E-state index in [1.54, 1.807) is 0 Å². The van der Waals surface area contributed by atoms with Crippen molar-refractivity contribution in [2.75, 3.05) is 0 Å². The molecule has 0 atom stereocenters. The number of rotatable bonds is 5. The van der Waals surface area contributed by atoms with E-state index in [4.69, 9.17) is 15.0 Å². The molecule has 0 spiro atoms. The van der Waals surface area contributed by atoms with E-state index in [1.165, 1.54) is 0 Å². The van der Waals surface area contributed by atoms with Gasteiger partial charge in [-0.25, -0.2) is 9.97 Å². The maximum Gasteiger partial charge on any atom is 2.00 e. The Balaban J connectivity index is 0.00000361. The summed E-state index contributed by atoms with van der Waals surface area (Å²) in [5.41, 5.74) is 12.1. The van der Waals surface area contributed by atoms with Gasteiger partial charge >= 0.3 is 21.1 Å². The summed E-state index contributed by atoms with van der Waals surface area (Å²) in [6.45, 7) is 0. The minimum atomic E-state index is 0. The van der Waals surface area contributed by atoms with Crippen LogP contribution in [0.15, 0.2) is 170 Å². The maximum absolute atomic E-state index is 5.48. The number of benzene rings is 6. The van der Waals surface area contributed by atoms with Crippen LogP contribution in [-0.2, 0) is 21.1 Å². The van der Waals surface area contributed by atoms with Gasteiger partial charge in [-0.15, -0.1) is 34.8 Å². The van der Waals surface area contributed by atoms with Crippen LogP contribution < -0.4 is 4.98 Å². The quantitative estimate of drug-likeness (QED) is 0.162. The van der Waals surface area contributed by atoms with E-state index in [2.05, 4.69) is 135 Å². The van der Waals surface area contributed by atoms with Gasteiger partial charge in [-0.2, -0.15) is 0 Å². The Kier molecular flexibility index (Phi) is 7.60. The largest absolute Gasteiger partial charge is 2.00 e. The smallest absolute Gasteiger partial charge is 0.656 e. The van der Waals surface area contributed by atoms with E-state index >= 15 is 0 Å². The van der Waals surface area contributed by atoms with Crippen LogP contribution in [0.25, 0.3) is 99.8 Å². The first-order chi connectivity index (χ1) is 26.3. The molecule has 0 amide bonds. The third-order valence-electron chi connectivity index (χ3n) is 10.3. The van der Waals surface area contributed by atoms with Gasteiger partial charge in [-0.3, -0.25) is 9.55 Å². The van der Waals surface area contributed by atoms with Crippen LogP contribution in [0.2, 0.25) is 0 Å². The first kappa shape index (κ1) is 32.1. The van der Waals surface area contributed by atoms with Gasteiger partial charge < -0.3 is 9.55 Å². The molecular weight excluding hydrogens is 844 g/mol. The van der Waals surface area contributed by atoms with Crippen molar-refractivity contribution in [1.82, 2.24) is 29.1 Å². The second-order valence-electron chi connectivity index (χ2n) is 13.2. The summed E-state index contributed by atoms with van der Waals surface area (Å²) in [5, 5.41) is 4.52. The van der Waals surface area contributed by atoms with Gasteiger partial charge in [0.25, 0.3) is 0 Å². The Labute approximate surface area is 324 Å². The van der Waals surface area contributed by atoms with E-state index in [9.17, 15) is 0 Å². The molecule has 0 N–H and O–H groups in total. The second kappa shape index (κ2) is 12.8. The van der Waals surface area contributed by atoms with Crippen LogP contribution in [0.1, 0.15) is 0 Å². The van der Waals surface area contributed by atoms with Crippen molar-refractivity contribution in [3.8, 4) is 45.1 Å². The van der Waals surface area contributed by atoms with Crippen LogP contribution in [0, 0.1) is 6.07 Å². The van der Waals surface area contributed by atoms with Gasteiger partial charge in [0, 0.05) is 35.4 Å². The molecule has 6 aromatic carbocycles. The Morgan fingerprint density at radius 2 is 1.31 bits per heavy atom. The number of hydrogen-bond donors (Lipinski definition) is 0. The first-order valence-electron chi connectivity index (χ1n) is 17.6. The molecule has 0 unspecified atom stereocenters. The summed E-state index contributed by atoms with van der Waals surface area (Å²) in [5.74, 6) is 1.68. The summed E-state index contributed by atoms with van der Waals surface area (Å²) in [6.07, 6.45) is 5.50. The molecule has 256 valence electrons. The molecular formula is C47H28N6Pt. The number of para-hydroxylation sites is 4. The molecule has 0 saturated carbocycles. The van der Waals surface area contributed by atoms with Crippen molar-refractivity contribution >= 4 is 54.6 Å². The fourth-order valence-corrected chi connectivity index (χ4v) is 7.86. The second-order valence-corrected chi connectivity index (χ2v) is 13.2. The van der Waals surface area contributed by atoms with E-state index in [1.807, 2.05) is 55.0 Å². The van der Waals surface area contributed by atoms with Gasteiger partial charge in [-0.1, -0.05) is 102 Å². The molecule has 11 rings (SSSR count). The van der Waals surface area contributed by atoms with Gasteiger partial charge in [0.1, 0.15) is 11.6 Å². The van der Waals surface area contributed by atoms with E-state index < -0.39 is 0 Å². The molecule has 54 heavy (non-hydrogen) atoms. The Hall–Kier alpha value is -6.62. The van der Waals surface area contributed by atoms with E-state index in [0.717, 1.165) is 99.8 Å². The molecule has 0 radical (unpaired) electrons. The topological polar surface area (TPSA) is 62.6 Å². The molecule has 0 aliphatic carbocycles. The average Bonchev–Trinajstić information content (AvgIpc) is 3.91. The van der Waals surface area contributed by atoms with Crippen LogP contribution in [0.5, 0.6) is 0 Å². The van der Waals surface area contributed by atoms with Crippen LogP contribution in [0.4, 0.5) is 0 Å². The fourth-order valence-electron chi connectivity index (χ4n) is 7.86. The number of imidazole rings is 1. The first-order valence-corrected chi connectivity index (χ1v) is 17.6. The molecule has 0 aliphatic heterocycles. The molecule has 0 saturated heterocycles. The molecule has 11 aromatic rings. The molecule has 0 fully saturated rings. The van der Waals surface area contributed by atoms with Crippen LogP contribution >= 0.6 is 0 Å². The monoisotopic (exact) mass is 871 g/mol. The zero-order chi connectivity index (χ0) is 34.9. The van der Waals surface area contributed by atoms with Crippen molar-refractivity contribution < 1.29 is 21.1 Å². The van der Waals surface area contributed by atoms with Crippen molar-refractivity contribution in [2.45, 2.75) is 0 Å². The zero-order valence-corrected chi connectivity index (χ0v) is 30.9. The number of nitrogens with zero attached hydrogens (tertiary/aromatic N) is 6. The standard InChI is InChI=1S/C47H28N6.Pt/c1-2-10-33(11-3-1)52-41-17-9-13-34(46(41)51-47(52)39-15-8-14-38-35-12-4-5-16-40(35)50-45(38)39)32-20-22-37-36-21-19-31(30-23-26-48-27-24-30)28-42(36)53(43(37)29-32)44-18-6-7-25-49-44;/h1-28H;/q-2;+2. The van der Waals surface area contributed by atoms with Crippen molar-refractivity contribution in [3.05, 3.63) is 176 Å². The maximum atomic E-state index is 5.48. The molecule has 0 aliphatic rings. The summed E-state index contributed by atoms with van der Waals surface area (Å²) in [4.78, 5) is 19.6. The Bertz CT molecular complexity index is 3160. The fraction of sp³-hybridized carbons (Fsp3) is 0. The normalized spacial score (nSPS) is 11.6. The van der Waals surface area contributed by atoms with Crippen LogP contribution in [0.3, 0.4) is 0 Å². The minimum Gasteiger partial charge on any atom is -0.656 e. The van der Waals surface area contributed by atoms with E-state index in [0.29, 0.717) is 0 Å². The number of pyridine rings is 2. The predicted octanol–water partition coefficient (Wildman–Crippen LogP) is 11.0. The average molecular weight is 872 g/mol. The minimum absolute atomic E-state index is 0. The molecule has 6 nitrogen and oxygen atoms in total. The van der Waals surface area contributed by atoms with Gasteiger partial charge in [0.15, 0.2) is 0 Å². The third-order valence-corrected chi connectivity index (χ3v) is 10.3. The summed E-state index contributed by atoms with van der Waals surface area (Å²) in [6, 6.07) is 56.6. The summed E-state index contributed by atoms with van der Waals surface area (Å²) < 4.78 is 4.48. The van der Waals surface area contributed by atoms with Gasteiger partial charge in [0.05, 0.1) is 11.0 Å². The Morgan fingerprint density at radius 3 is 2.19 bits per heavy atom. The van der Waals surface area contributed by atoms with E-state index in [-0.39, 0.29) is 21.1 Å². The van der Waals surface area contributed by atoms with Crippen molar-refractivity contribution in [1.29, 1.82) is 0 Å². The number of fused-ring (bicyclic) bond motifs is 7. The molecule has 0 bridgehead atoms. The van der Waals surface area contributed by atoms with Crippen molar-refractivity contribution in [2.24, 2.45) is 0 Å². The third kappa shape index (κ3) is 4.95. The Morgan fingerprint density at radius 1 is 0.537 bits per heavy atom. The molecule has 5 heterocycles. The van der Waals surface area contributed by atoms with Crippen molar-refractivity contribution in [3.63, 3.8) is 0 Å². The zero-order valence-electron chi connectivity index (χ0n) is 28.7. The summed E-state index contributed by atoms with van der Waals surface area (Å²) in [7, 11) is 0. The van der Waals surface area contributed by atoms with Gasteiger partial charge in [-0.05, 0) is 81.3 Å². The molecule has 7 heteroatoms.